The van der Waals surface area contributed by atoms with Crippen molar-refractivity contribution in [1.29, 1.82) is 0 Å². The fraction of sp³-hybridized carbons (Fsp3) is 0.0625. The number of urea groups is 1. The summed E-state index contributed by atoms with van der Waals surface area (Å²) in [5, 5.41) is 2.81. The number of hydrogen-bond donors (Lipinski definition) is 1. The Morgan fingerprint density at radius 3 is 1.80 bits per heavy atom. The molecule has 1 aliphatic heterocycles. The number of benzene rings is 4. The molecular weight excluding hydrogens is 506 g/mol. The third-order valence-corrected chi connectivity index (χ3v) is 6.26. The highest BCUT2D eigenvalue weighted by Crippen LogP contribution is 2.29. The van der Waals surface area contributed by atoms with Gasteiger partial charge in [0.05, 0.1) is 11.4 Å². The van der Waals surface area contributed by atoms with E-state index >= 15 is 0 Å². The summed E-state index contributed by atoms with van der Waals surface area (Å²) in [6, 6.07) is 30.2. The second-order valence-corrected chi connectivity index (χ2v) is 9.01. The number of imide groups is 2. The zero-order chi connectivity index (χ0) is 28.1. The summed E-state index contributed by atoms with van der Waals surface area (Å²) in [6.07, 6.45) is 1.44. The van der Waals surface area contributed by atoms with Gasteiger partial charge in [0.15, 0.2) is 6.61 Å². The molecule has 5 amide bonds. The van der Waals surface area contributed by atoms with Crippen molar-refractivity contribution >= 4 is 46.9 Å². The Balaban J connectivity index is 1.37. The molecule has 0 unspecified atom stereocenters. The van der Waals surface area contributed by atoms with Crippen LogP contribution in [0.15, 0.2) is 115 Å². The van der Waals surface area contributed by atoms with Gasteiger partial charge in [-0.3, -0.25) is 14.4 Å². The Morgan fingerprint density at radius 1 is 0.725 bits per heavy atom. The zero-order valence-corrected chi connectivity index (χ0v) is 21.6. The first kappa shape index (κ1) is 26.1. The molecule has 8 nitrogen and oxygen atoms in total. The van der Waals surface area contributed by atoms with E-state index in [1.807, 2.05) is 31.2 Å². The Morgan fingerprint density at radius 2 is 1.25 bits per heavy atom. The lowest BCUT2D eigenvalue weighted by molar-refractivity contribution is -0.121. The molecule has 8 heteroatoms. The van der Waals surface area contributed by atoms with E-state index < -0.39 is 17.8 Å². The maximum absolute atomic E-state index is 13.5. The van der Waals surface area contributed by atoms with Gasteiger partial charge in [0.1, 0.15) is 11.3 Å². The summed E-state index contributed by atoms with van der Waals surface area (Å²) in [5.74, 6) is -1.30. The highest BCUT2D eigenvalue weighted by atomic mass is 16.5. The third-order valence-electron chi connectivity index (χ3n) is 6.26. The van der Waals surface area contributed by atoms with Gasteiger partial charge in [-0.15, -0.1) is 0 Å². The maximum Gasteiger partial charge on any atom is 0.343 e. The Bertz CT molecular complexity index is 1540. The lowest BCUT2D eigenvalue weighted by Gasteiger charge is -2.33. The Kier molecular flexibility index (Phi) is 7.50. The molecule has 0 spiro atoms. The minimum Gasteiger partial charge on any atom is -0.484 e. The fourth-order valence-corrected chi connectivity index (χ4v) is 4.21. The number of nitrogens with one attached hydrogen (secondary N) is 1. The summed E-state index contributed by atoms with van der Waals surface area (Å²) < 4.78 is 5.60. The van der Waals surface area contributed by atoms with Crippen molar-refractivity contribution in [2.45, 2.75) is 6.92 Å². The largest absolute Gasteiger partial charge is 0.484 e. The van der Waals surface area contributed by atoms with Crippen molar-refractivity contribution in [2.24, 2.45) is 0 Å². The lowest BCUT2D eigenvalue weighted by Crippen LogP contribution is -2.57. The highest BCUT2D eigenvalue weighted by Gasteiger charge is 2.43. The first-order valence-electron chi connectivity index (χ1n) is 12.6. The van der Waals surface area contributed by atoms with Crippen molar-refractivity contribution in [1.82, 2.24) is 0 Å². The van der Waals surface area contributed by atoms with Crippen molar-refractivity contribution in [2.75, 3.05) is 21.7 Å². The summed E-state index contributed by atoms with van der Waals surface area (Å²) in [6.45, 7) is 1.71. The number of para-hydroxylation sites is 3. The molecule has 1 N–H and O–H groups in total. The molecule has 4 aromatic carbocycles. The Hall–Kier alpha value is -5.50. The average molecular weight is 532 g/mol. The van der Waals surface area contributed by atoms with Gasteiger partial charge in [0.2, 0.25) is 0 Å². The van der Waals surface area contributed by atoms with Crippen LogP contribution in [0.1, 0.15) is 11.1 Å². The number of amides is 5. The summed E-state index contributed by atoms with van der Waals surface area (Å²) in [5.41, 5.74) is 2.74. The van der Waals surface area contributed by atoms with E-state index in [0.717, 1.165) is 15.4 Å². The number of carbonyl (C=O) groups excluding carboxylic acids is 4. The SMILES string of the molecule is Cc1ccccc1NC(=O)COc1ccc(C=C2C(=O)N(c3ccccc3)C(=O)N(c3ccccc3)C2=O)cc1. The molecule has 1 aliphatic rings. The smallest absolute Gasteiger partial charge is 0.343 e. The van der Waals surface area contributed by atoms with Gasteiger partial charge in [-0.25, -0.2) is 14.6 Å². The minimum absolute atomic E-state index is 0.168. The van der Waals surface area contributed by atoms with Gasteiger partial charge in [-0.1, -0.05) is 66.7 Å². The van der Waals surface area contributed by atoms with Gasteiger partial charge in [-0.05, 0) is 66.6 Å². The summed E-state index contributed by atoms with van der Waals surface area (Å²) >= 11 is 0. The number of aryl methyl sites for hydroxylation is 1. The van der Waals surface area contributed by atoms with E-state index in [2.05, 4.69) is 5.32 Å². The van der Waals surface area contributed by atoms with E-state index in [9.17, 15) is 19.2 Å². The number of ether oxygens (including phenoxy) is 1. The molecule has 0 atom stereocenters. The zero-order valence-electron chi connectivity index (χ0n) is 21.6. The topological polar surface area (TPSA) is 96.0 Å². The van der Waals surface area contributed by atoms with Crippen LogP contribution in [0.2, 0.25) is 0 Å². The van der Waals surface area contributed by atoms with Crippen molar-refractivity contribution in [3.63, 3.8) is 0 Å². The molecule has 198 valence electrons. The molecule has 0 radical (unpaired) electrons. The van der Waals surface area contributed by atoms with Crippen molar-refractivity contribution in [3.8, 4) is 5.75 Å². The number of hydrogen-bond acceptors (Lipinski definition) is 5. The van der Waals surface area contributed by atoms with Crippen LogP contribution in [0.3, 0.4) is 0 Å². The molecular formula is C32H25N3O5. The second-order valence-electron chi connectivity index (χ2n) is 9.01. The highest BCUT2D eigenvalue weighted by molar-refractivity contribution is 6.46. The molecule has 4 aromatic rings. The van der Waals surface area contributed by atoms with Gasteiger partial charge in [0.25, 0.3) is 17.7 Å². The van der Waals surface area contributed by atoms with Crippen molar-refractivity contribution in [3.05, 3.63) is 126 Å². The quantitative estimate of drug-likeness (QED) is 0.248. The van der Waals surface area contributed by atoms with Crippen LogP contribution < -0.4 is 19.9 Å². The van der Waals surface area contributed by atoms with Gasteiger partial charge in [0, 0.05) is 5.69 Å². The van der Waals surface area contributed by atoms with Gasteiger partial charge in [-0.2, -0.15) is 0 Å². The molecule has 0 saturated carbocycles. The van der Waals surface area contributed by atoms with Crippen LogP contribution in [0.4, 0.5) is 21.9 Å². The average Bonchev–Trinajstić information content (AvgIpc) is 2.97. The van der Waals surface area contributed by atoms with E-state index in [0.29, 0.717) is 28.4 Å². The first-order valence-corrected chi connectivity index (χ1v) is 12.6. The maximum atomic E-state index is 13.5. The summed E-state index contributed by atoms with van der Waals surface area (Å²) in [7, 11) is 0. The number of barbiturate groups is 1. The molecule has 5 rings (SSSR count). The van der Waals surface area contributed by atoms with E-state index in [4.69, 9.17) is 4.74 Å². The van der Waals surface area contributed by atoms with E-state index in [1.165, 1.54) is 6.08 Å². The van der Waals surface area contributed by atoms with Crippen molar-refractivity contribution < 1.29 is 23.9 Å². The standard InChI is InChI=1S/C32H25N3O5/c1-22-10-8-9-15-28(22)33-29(36)21-40-26-18-16-23(17-19-26)20-27-30(37)34(24-11-4-2-5-12-24)32(39)35(31(27)38)25-13-6-3-7-14-25/h2-20H,21H2,1H3,(H,33,36). The molecule has 0 bridgehead atoms. The van der Waals surface area contributed by atoms with Crippen LogP contribution in [-0.2, 0) is 14.4 Å². The summed E-state index contributed by atoms with van der Waals surface area (Å²) in [4.78, 5) is 54.6. The van der Waals surface area contributed by atoms with Gasteiger partial charge >= 0.3 is 6.03 Å². The normalized spacial score (nSPS) is 13.3. The fourth-order valence-electron chi connectivity index (χ4n) is 4.21. The minimum atomic E-state index is -0.753. The Labute approximate surface area is 231 Å². The molecule has 1 heterocycles. The van der Waals surface area contributed by atoms with Crippen LogP contribution in [0.25, 0.3) is 6.08 Å². The first-order chi connectivity index (χ1) is 19.4. The molecule has 1 fully saturated rings. The number of nitrogens with zero attached hydrogens (tertiary/aromatic N) is 2. The molecule has 0 aliphatic carbocycles. The number of anilines is 3. The molecule has 0 aromatic heterocycles. The lowest BCUT2D eigenvalue weighted by atomic mass is 10.0. The monoisotopic (exact) mass is 531 g/mol. The van der Waals surface area contributed by atoms with Crippen LogP contribution >= 0.6 is 0 Å². The van der Waals surface area contributed by atoms with Crippen LogP contribution in [0, 0.1) is 6.92 Å². The van der Waals surface area contributed by atoms with Crippen LogP contribution in [0.5, 0.6) is 5.75 Å². The third kappa shape index (κ3) is 5.51. The molecule has 1 saturated heterocycles. The number of carbonyl (C=O) groups is 4. The second kappa shape index (κ2) is 11.5. The van der Waals surface area contributed by atoms with Gasteiger partial charge < -0.3 is 10.1 Å². The van der Waals surface area contributed by atoms with E-state index in [1.54, 1.807) is 84.9 Å². The predicted octanol–water partition coefficient (Wildman–Crippen LogP) is 5.60. The number of rotatable bonds is 7. The predicted molar refractivity (Wildman–Crippen MR) is 153 cm³/mol. The van der Waals surface area contributed by atoms with E-state index in [-0.39, 0.29) is 18.1 Å². The molecule has 40 heavy (non-hydrogen) atoms. The van der Waals surface area contributed by atoms with Crippen LogP contribution in [-0.4, -0.2) is 30.4 Å².